The molecule has 5 aromatic rings. The highest BCUT2D eigenvalue weighted by molar-refractivity contribution is 8.00. The van der Waals surface area contributed by atoms with Gasteiger partial charge in [-0.25, -0.2) is 4.98 Å². The highest BCUT2D eigenvalue weighted by Crippen LogP contribution is 2.31. The highest BCUT2D eigenvalue weighted by Gasteiger charge is 2.18. The summed E-state index contributed by atoms with van der Waals surface area (Å²) < 4.78 is 6.17. The average Bonchev–Trinajstić information content (AvgIpc) is 3.44. The van der Waals surface area contributed by atoms with Crippen LogP contribution in [-0.4, -0.2) is 35.1 Å². The zero-order valence-corrected chi connectivity index (χ0v) is 27.1. The van der Waals surface area contributed by atoms with Crippen LogP contribution in [0.2, 0.25) is 10.0 Å². The van der Waals surface area contributed by atoms with Crippen LogP contribution in [0.25, 0.3) is 16.3 Å². The fourth-order valence-electron chi connectivity index (χ4n) is 4.08. The SMILES string of the molecule is COc1ccc2nc(NC(=O)C(C)Sc3ccc(NC(=O)/C(=C/c4ccc(Cl)cc4Cl)NC(=O)c4ccccc4)cc3)sc2c1. The predicted octanol–water partition coefficient (Wildman–Crippen LogP) is 8.14. The number of hydrogen-bond donors (Lipinski definition) is 3. The van der Waals surface area contributed by atoms with Gasteiger partial charge in [-0.1, -0.05) is 58.8 Å². The van der Waals surface area contributed by atoms with E-state index in [-0.39, 0.29) is 11.6 Å². The standard InChI is InChI=1S/C33H26Cl2N4O4S2/c1-19(30(40)39-33-38-27-15-12-24(43-2)18-29(27)45-33)44-25-13-10-23(11-14-25)36-32(42)28(16-21-8-9-22(34)17-26(21)35)37-31(41)20-6-4-3-5-7-20/h3-19H,1-2H3,(H,36,42)(H,37,41)(H,38,39,40)/b28-16-. The van der Waals surface area contributed by atoms with Gasteiger partial charge in [0.25, 0.3) is 11.8 Å². The van der Waals surface area contributed by atoms with Gasteiger partial charge in [0.05, 0.1) is 22.6 Å². The number of aromatic nitrogens is 1. The minimum Gasteiger partial charge on any atom is -0.497 e. The Morgan fingerprint density at radius 3 is 2.40 bits per heavy atom. The number of hydrogen-bond acceptors (Lipinski definition) is 7. The van der Waals surface area contributed by atoms with Crippen LogP contribution < -0.4 is 20.7 Å². The minimum atomic E-state index is -0.549. The fourth-order valence-corrected chi connectivity index (χ4v) is 6.31. The van der Waals surface area contributed by atoms with Crippen LogP contribution in [0.3, 0.4) is 0 Å². The van der Waals surface area contributed by atoms with E-state index in [0.29, 0.717) is 32.0 Å². The molecule has 0 aliphatic carbocycles. The van der Waals surface area contributed by atoms with Crippen LogP contribution in [0.4, 0.5) is 10.8 Å². The Kier molecular flexibility index (Phi) is 10.4. The van der Waals surface area contributed by atoms with Crippen LogP contribution >= 0.6 is 46.3 Å². The van der Waals surface area contributed by atoms with Crippen LogP contribution in [0.15, 0.2) is 102 Å². The van der Waals surface area contributed by atoms with Gasteiger partial charge in [0.2, 0.25) is 5.91 Å². The van der Waals surface area contributed by atoms with E-state index in [0.717, 1.165) is 20.9 Å². The second-order valence-electron chi connectivity index (χ2n) is 9.62. The second kappa shape index (κ2) is 14.6. The number of carbonyl (C=O) groups is 3. The molecule has 0 aliphatic rings. The first kappa shape index (κ1) is 32.1. The van der Waals surface area contributed by atoms with Crippen molar-refractivity contribution in [2.45, 2.75) is 17.1 Å². The molecule has 1 aromatic heterocycles. The number of nitrogens with zero attached hydrogens (tertiary/aromatic N) is 1. The molecule has 1 atom stereocenters. The molecule has 3 amide bonds. The number of rotatable bonds is 10. The fraction of sp³-hybridized carbons (Fsp3) is 0.0909. The van der Waals surface area contributed by atoms with Gasteiger partial charge in [-0.15, -0.1) is 11.8 Å². The van der Waals surface area contributed by atoms with E-state index < -0.39 is 17.1 Å². The minimum absolute atomic E-state index is 0.00916. The molecule has 3 N–H and O–H groups in total. The van der Waals surface area contributed by atoms with Crippen LogP contribution in [-0.2, 0) is 9.59 Å². The first-order valence-electron chi connectivity index (χ1n) is 13.5. The van der Waals surface area contributed by atoms with Gasteiger partial charge in [0.15, 0.2) is 5.13 Å². The third kappa shape index (κ3) is 8.43. The van der Waals surface area contributed by atoms with Crippen molar-refractivity contribution in [1.29, 1.82) is 0 Å². The second-order valence-corrected chi connectivity index (χ2v) is 12.9. The van der Waals surface area contributed by atoms with Crippen molar-refractivity contribution < 1.29 is 19.1 Å². The van der Waals surface area contributed by atoms with Crippen molar-refractivity contribution in [3.8, 4) is 5.75 Å². The summed E-state index contributed by atoms with van der Waals surface area (Å²) in [6.07, 6.45) is 1.49. The molecule has 1 unspecified atom stereocenters. The molecule has 12 heteroatoms. The number of methoxy groups -OCH3 is 1. The molecule has 0 saturated heterocycles. The van der Waals surface area contributed by atoms with Crippen molar-refractivity contribution in [2.24, 2.45) is 0 Å². The maximum atomic E-state index is 13.4. The summed E-state index contributed by atoms with van der Waals surface area (Å²) >= 11 is 15.1. The predicted molar refractivity (Wildman–Crippen MR) is 184 cm³/mol. The molecule has 0 fully saturated rings. The van der Waals surface area contributed by atoms with E-state index in [9.17, 15) is 14.4 Å². The van der Waals surface area contributed by atoms with Gasteiger partial charge in [-0.2, -0.15) is 0 Å². The van der Waals surface area contributed by atoms with E-state index in [1.165, 1.54) is 29.2 Å². The quantitative estimate of drug-likeness (QED) is 0.102. The molecule has 45 heavy (non-hydrogen) atoms. The Labute approximate surface area is 277 Å². The molecule has 5 rings (SSSR count). The molecule has 0 saturated carbocycles. The number of nitrogens with one attached hydrogen (secondary N) is 3. The summed E-state index contributed by atoms with van der Waals surface area (Å²) in [5.41, 5.74) is 2.16. The molecular weight excluding hydrogens is 651 g/mol. The Morgan fingerprint density at radius 2 is 1.69 bits per heavy atom. The van der Waals surface area contributed by atoms with Crippen molar-refractivity contribution in [3.05, 3.63) is 118 Å². The van der Waals surface area contributed by atoms with Crippen molar-refractivity contribution in [2.75, 3.05) is 17.7 Å². The van der Waals surface area contributed by atoms with Gasteiger partial charge in [0, 0.05) is 26.2 Å². The summed E-state index contributed by atoms with van der Waals surface area (Å²) in [5.74, 6) is -0.463. The van der Waals surface area contributed by atoms with E-state index >= 15 is 0 Å². The van der Waals surface area contributed by atoms with Crippen molar-refractivity contribution in [3.63, 3.8) is 0 Å². The molecule has 0 radical (unpaired) electrons. The molecule has 8 nitrogen and oxygen atoms in total. The van der Waals surface area contributed by atoms with E-state index in [1.807, 2.05) is 18.2 Å². The van der Waals surface area contributed by atoms with Gasteiger partial charge >= 0.3 is 0 Å². The van der Waals surface area contributed by atoms with E-state index in [2.05, 4.69) is 20.9 Å². The summed E-state index contributed by atoms with van der Waals surface area (Å²) in [6.45, 7) is 1.81. The first-order valence-corrected chi connectivity index (χ1v) is 16.0. The summed E-state index contributed by atoms with van der Waals surface area (Å²) in [7, 11) is 1.60. The lowest BCUT2D eigenvalue weighted by Gasteiger charge is -2.13. The molecule has 0 aliphatic heterocycles. The number of thiazole rings is 1. The summed E-state index contributed by atoms with van der Waals surface area (Å²) in [4.78, 5) is 44.4. The van der Waals surface area contributed by atoms with Crippen molar-refractivity contribution >= 4 is 91.1 Å². The van der Waals surface area contributed by atoms with E-state index in [1.54, 1.807) is 86.8 Å². The largest absolute Gasteiger partial charge is 0.497 e. The molecule has 4 aromatic carbocycles. The van der Waals surface area contributed by atoms with Gasteiger partial charge < -0.3 is 20.7 Å². The monoisotopic (exact) mass is 676 g/mol. The van der Waals surface area contributed by atoms with Gasteiger partial charge in [-0.3, -0.25) is 14.4 Å². The number of thioether (sulfide) groups is 1. The zero-order chi connectivity index (χ0) is 31.9. The maximum Gasteiger partial charge on any atom is 0.272 e. The molecular formula is C33H26Cl2N4O4S2. The number of amides is 3. The molecule has 0 spiro atoms. The number of fused-ring (bicyclic) bond motifs is 1. The summed E-state index contributed by atoms with van der Waals surface area (Å²) in [5, 5.41) is 9.24. The number of ether oxygens (including phenoxy) is 1. The topological polar surface area (TPSA) is 109 Å². The Balaban J connectivity index is 1.24. The number of anilines is 2. The Hall–Kier alpha value is -4.35. The number of benzene rings is 4. The summed E-state index contributed by atoms with van der Waals surface area (Å²) in [6, 6.07) is 26.0. The molecule has 1 heterocycles. The molecule has 0 bridgehead atoms. The Bertz CT molecular complexity index is 1900. The average molecular weight is 678 g/mol. The Morgan fingerprint density at radius 1 is 0.933 bits per heavy atom. The number of halogens is 2. The number of carbonyl (C=O) groups excluding carboxylic acids is 3. The highest BCUT2D eigenvalue weighted by atomic mass is 35.5. The van der Waals surface area contributed by atoms with Crippen LogP contribution in [0.5, 0.6) is 5.75 Å². The van der Waals surface area contributed by atoms with Crippen LogP contribution in [0.1, 0.15) is 22.8 Å². The normalized spacial score (nSPS) is 12.0. The van der Waals surface area contributed by atoms with Crippen LogP contribution in [0, 0.1) is 0 Å². The zero-order valence-electron chi connectivity index (χ0n) is 24.0. The smallest absolute Gasteiger partial charge is 0.272 e. The third-order valence-corrected chi connectivity index (χ3v) is 9.02. The lowest BCUT2D eigenvalue weighted by atomic mass is 10.1. The van der Waals surface area contributed by atoms with Gasteiger partial charge in [0.1, 0.15) is 11.4 Å². The lowest BCUT2D eigenvalue weighted by molar-refractivity contribution is -0.115. The van der Waals surface area contributed by atoms with Crippen molar-refractivity contribution in [1.82, 2.24) is 10.3 Å². The first-order chi connectivity index (χ1) is 21.7. The molecule has 228 valence electrons. The third-order valence-electron chi connectivity index (χ3n) is 6.41. The van der Waals surface area contributed by atoms with E-state index in [4.69, 9.17) is 27.9 Å². The lowest BCUT2D eigenvalue weighted by Crippen LogP contribution is -2.30. The van der Waals surface area contributed by atoms with Gasteiger partial charge in [-0.05, 0) is 85.3 Å². The maximum absolute atomic E-state index is 13.4.